The molecule has 3 N–H and O–H groups in total. The molecule has 0 aromatic carbocycles. The molecule has 0 amide bonds. The van der Waals surface area contributed by atoms with E-state index in [4.69, 9.17) is 10.3 Å². The Bertz CT molecular complexity index is 438. The van der Waals surface area contributed by atoms with Crippen LogP contribution >= 0.6 is 0 Å². The van der Waals surface area contributed by atoms with Crippen LogP contribution < -0.4 is 11.3 Å². The van der Waals surface area contributed by atoms with Crippen molar-refractivity contribution in [2.75, 3.05) is 5.43 Å². The second-order valence-corrected chi connectivity index (χ2v) is 2.82. The number of nitrogens with two attached hydrogens (primary N) is 1. The molecule has 0 bridgehead atoms. The van der Waals surface area contributed by atoms with E-state index in [1.54, 1.807) is 12.3 Å². The van der Waals surface area contributed by atoms with Gasteiger partial charge in [-0.05, 0) is 19.1 Å². The summed E-state index contributed by atoms with van der Waals surface area (Å²) >= 11 is 0. The van der Waals surface area contributed by atoms with Crippen LogP contribution in [0.1, 0.15) is 5.76 Å². The van der Waals surface area contributed by atoms with Gasteiger partial charge in [-0.25, -0.2) is 15.8 Å². The number of hydrogen-bond acceptors (Lipinski definition) is 5. The van der Waals surface area contributed by atoms with Crippen molar-refractivity contribution in [3.63, 3.8) is 0 Å². The van der Waals surface area contributed by atoms with E-state index in [2.05, 4.69) is 15.4 Å². The third kappa shape index (κ3) is 1.57. The second-order valence-electron chi connectivity index (χ2n) is 2.82. The Labute approximate surface area is 80.9 Å². The van der Waals surface area contributed by atoms with Crippen LogP contribution in [0.15, 0.2) is 28.8 Å². The molecule has 0 aliphatic heterocycles. The maximum absolute atomic E-state index is 5.38. The molecule has 0 radical (unpaired) electrons. The molecule has 14 heavy (non-hydrogen) atoms. The van der Waals surface area contributed by atoms with Crippen LogP contribution in [0.25, 0.3) is 11.6 Å². The predicted molar refractivity (Wildman–Crippen MR) is 52.3 cm³/mol. The van der Waals surface area contributed by atoms with Gasteiger partial charge in [0.15, 0.2) is 11.6 Å². The zero-order valence-corrected chi connectivity index (χ0v) is 7.69. The monoisotopic (exact) mass is 190 g/mol. The number of nitrogens with one attached hydrogen (secondary N) is 1. The smallest absolute Gasteiger partial charge is 0.197 e. The van der Waals surface area contributed by atoms with Gasteiger partial charge in [0.1, 0.15) is 11.6 Å². The number of furan rings is 1. The lowest BCUT2D eigenvalue weighted by molar-refractivity contribution is 0.544. The normalized spacial score (nSPS) is 10.1. The fourth-order valence-electron chi connectivity index (χ4n) is 1.11. The van der Waals surface area contributed by atoms with Gasteiger partial charge >= 0.3 is 0 Å². The van der Waals surface area contributed by atoms with Crippen LogP contribution in [0.5, 0.6) is 0 Å². The first-order valence-electron chi connectivity index (χ1n) is 4.16. The highest BCUT2D eigenvalue weighted by atomic mass is 16.3. The summed E-state index contributed by atoms with van der Waals surface area (Å²) in [6, 6.07) is 5.37. The van der Waals surface area contributed by atoms with Gasteiger partial charge in [-0.1, -0.05) is 0 Å². The molecule has 2 heterocycles. The molecule has 0 atom stereocenters. The van der Waals surface area contributed by atoms with Gasteiger partial charge in [0.25, 0.3) is 0 Å². The van der Waals surface area contributed by atoms with E-state index in [-0.39, 0.29) is 0 Å². The van der Waals surface area contributed by atoms with Crippen LogP contribution in [0.4, 0.5) is 5.82 Å². The Morgan fingerprint density at radius 2 is 2.21 bits per heavy atom. The summed E-state index contributed by atoms with van der Waals surface area (Å²) in [5, 5.41) is 0. The molecule has 2 aromatic heterocycles. The summed E-state index contributed by atoms with van der Waals surface area (Å²) in [6.45, 7) is 1.87. The van der Waals surface area contributed by atoms with Crippen molar-refractivity contribution in [1.82, 2.24) is 9.97 Å². The van der Waals surface area contributed by atoms with Crippen molar-refractivity contribution < 1.29 is 4.42 Å². The quantitative estimate of drug-likeness (QED) is 0.551. The third-order valence-corrected chi connectivity index (χ3v) is 1.76. The van der Waals surface area contributed by atoms with Crippen molar-refractivity contribution in [3.8, 4) is 11.6 Å². The van der Waals surface area contributed by atoms with Gasteiger partial charge in [0.2, 0.25) is 0 Å². The number of nitrogen functional groups attached to an aromatic ring is 1. The molecule has 72 valence electrons. The molecule has 5 nitrogen and oxygen atoms in total. The summed E-state index contributed by atoms with van der Waals surface area (Å²) in [5.74, 6) is 7.78. The minimum atomic E-state index is 0.522. The van der Waals surface area contributed by atoms with Gasteiger partial charge in [0, 0.05) is 12.3 Å². The molecule has 0 fully saturated rings. The van der Waals surface area contributed by atoms with E-state index in [1.807, 2.05) is 19.1 Å². The van der Waals surface area contributed by atoms with E-state index in [1.165, 1.54) is 0 Å². The predicted octanol–water partition coefficient (Wildman–Crippen LogP) is 1.33. The summed E-state index contributed by atoms with van der Waals surface area (Å²) in [5.41, 5.74) is 2.45. The average Bonchev–Trinajstić information content (AvgIpc) is 2.65. The molecule has 2 rings (SSSR count). The Morgan fingerprint density at radius 3 is 2.86 bits per heavy atom. The molecule has 0 spiro atoms. The first kappa shape index (κ1) is 8.71. The maximum atomic E-state index is 5.38. The highest BCUT2D eigenvalue weighted by molar-refractivity contribution is 5.50. The van der Waals surface area contributed by atoms with Crippen molar-refractivity contribution in [2.24, 2.45) is 5.84 Å². The van der Waals surface area contributed by atoms with E-state index in [0.29, 0.717) is 17.4 Å². The van der Waals surface area contributed by atoms with Gasteiger partial charge < -0.3 is 9.84 Å². The van der Waals surface area contributed by atoms with Crippen LogP contribution in [0.2, 0.25) is 0 Å². The number of hydrogen-bond donors (Lipinski definition) is 2. The molecular weight excluding hydrogens is 180 g/mol. The Hall–Kier alpha value is -1.88. The first-order valence-corrected chi connectivity index (χ1v) is 4.16. The lowest BCUT2D eigenvalue weighted by atomic mass is 10.4. The molecule has 5 heteroatoms. The zero-order chi connectivity index (χ0) is 9.97. The van der Waals surface area contributed by atoms with Gasteiger partial charge in [-0.15, -0.1) is 0 Å². The number of nitrogens with zero attached hydrogens (tertiary/aromatic N) is 2. The summed E-state index contributed by atoms with van der Waals surface area (Å²) in [4.78, 5) is 8.20. The Balaban J connectivity index is 2.41. The molecule has 0 saturated carbocycles. The highest BCUT2D eigenvalue weighted by Crippen LogP contribution is 2.18. The largest absolute Gasteiger partial charge is 0.458 e. The SMILES string of the molecule is Cc1ccc(-c2nccc(NN)n2)o1. The van der Waals surface area contributed by atoms with Gasteiger partial charge in [-0.2, -0.15) is 0 Å². The average molecular weight is 190 g/mol. The van der Waals surface area contributed by atoms with Gasteiger partial charge in [0.05, 0.1) is 0 Å². The molecule has 2 aromatic rings. The van der Waals surface area contributed by atoms with Crippen LogP contribution in [-0.4, -0.2) is 9.97 Å². The van der Waals surface area contributed by atoms with Crippen molar-refractivity contribution >= 4 is 5.82 Å². The fraction of sp³-hybridized carbons (Fsp3) is 0.111. The highest BCUT2D eigenvalue weighted by Gasteiger charge is 2.05. The Kier molecular flexibility index (Phi) is 2.16. The standard InChI is InChI=1S/C9H10N4O/c1-6-2-3-7(14-6)9-11-5-4-8(12-9)13-10/h2-5H,10H2,1H3,(H,11,12,13). The number of rotatable bonds is 2. The van der Waals surface area contributed by atoms with Crippen LogP contribution in [-0.2, 0) is 0 Å². The topological polar surface area (TPSA) is 77.0 Å². The van der Waals surface area contributed by atoms with E-state index in [0.717, 1.165) is 5.76 Å². The molecular formula is C9H10N4O. The minimum Gasteiger partial charge on any atom is -0.458 e. The minimum absolute atomic E-state index is 0.522. The third-order valence-electron chi connectivity index (χ3n) is 1.76. The summed E-state index contributed by atoms with van der Waals surface area (Å²) in [6.07, 6.45) is 1.62. The maximum Gasteiger partial charge on any atom is 0.197 e. The lowest BCUT2D eigenvalue weighted by Crippen LogP contribution is -2.08. The van der Waals surface area contributed by atoms with Crippen LogP contribution in [0, 0.1) is 6.92 Å². The number of aromatic nitrogens is 2. The van der Waals surface area contributed by atoms with Crippen molar-refractivity contribution in [2.45, 2.75) is 6.92 Å². The van der Waals surface area contributed by atoms with E-state index < -0.39 is 0 Å². The van der Waals surface area contributed by atoms with E-state index in [9.17, 15) is 0 Å². The molecule has 0 saturated heterocycles. The molecule has 0 aliphatic rings. The first-order chi connectivity index (χ1) is 6.79. The number of anilines is 1. The second kappa shape index (κ2) is 3.47. The van der Waals surface area contributed by atoms with Gasteiger partial charge in [-0.3, -0.25) is 0 Å². The zero-order valence-electron chi connectivity index (χ0n) is 7.69. The van der Waals surface area contributed by atoms with Crippen molar-refractivity contribution in [1.29, 1.82) is 0 Å². The summed E-state index contributed by atoms with van der Waals surface area (Å²) < 4.78 is 5.38. The Morgan fingerprint density at radius 1 is 1.36 bits per heavy atom. The molecule has 0 aliphatic carbocycles. The summed E-state index contributed by atoms with van der Waals surface area (Å²) in [7, 11) is 0. The van der Waals surface area contributed by atoms with Crippen LogP contribution in [0.3, 0.4) is 0 Å². The number of aryl methyl sites for hydroxylation is 1. The van der Waals surface area contributed by atoms with E-state index >= 15 is 0 Å². The molecule has 0 unspecified atom stereocenters. The number of hydrazine groups is 1. The van der Waals surface area contributed by atoms with Crippen molar-refractivity contribution in [3.05, 3.63) is 30.2 Å². The lowest BCUT2D eigenvalue weighted by Gasteiger charge is -1.99. The fourth-order valence-corrected chi connectivity index (χ4v) is 1.11.